The number of aromatic nitrogens is 1. The third-order valence-corrected chi connectivity index (χ3v) is 1.79. The molecule has 0 spiro atoms. The lowest BCUT2D eigenvalue weighted by Gasteiger charge is -1.97. The molecule has 2 heteroatoms. The first kappa shape index (κ1) is 11.4. The molecule has 0 saturated heterocycles. The van der Waals surface area contributed by atoms with Crippen molar-refractivity contribution in [2.45, 2.75) is 32.6 Å². The Balaban J connectivity index is 0.00000121. The smallest absolute Gasteiger partial charge is 0.0299 e. The van der Waals surface area contributed by atoms with Crippen molar-refractivity contribution in [3.8, 4) is 0 Å². The van der Waals surface area contributed by atoms with Gasteiger partial charge in [0.15, 0.2) is 0 Å². The predicted molar refractivity (Wildman–Crippen MR) is 54.7 cm³/mol. The molecule has 0 amide bonds. The van der Waals surface area contributed by atoms with Crippen molar-refractivity contribution in [3.63, 3.8) is 0 Å². The number of hydrogen-bond acceptors (Lipinski definition) is 1. The lowest BCUT2D eigenvalue weighted by molar-refractivity contribution is 0.716. The quantitative estimate of drug-likeness (QED) is 0.657. The standard InChI is InChI=1S/C10H15N.ClH/c1-2-3-4-6-10-7-5-8-11-9-10;/h5,7-9H,2-4,6H2,1H3;1H. The van der Waals surface area contributed by atoms with Gasteiger partial charge in [0.05, 0.1) is 0 Å². The molecule has 1 aromatic heterocycles. The summed E-state index contributed by atoms with van der Waals surface area (Å²) in [5.41, 5.74) is 1.36. The highest BCUT2D eigenvalue weighted by Gasteiger charge is 1.90. The molecule has 1 aromatic rings. The summed E-state index contributed by atoms with van der Waals surface area (Å²) in [4.78, 5) is 4.06. The van der Waals surface area contributed by atoms with Gasteiger partial charge < -0.3 is 0 Å². The molecule has 0 N–H and O–H groups in total. The van der Waals surface area contributed by atoms with Crippen molar-refractivity contribution >= 4 is 12.4 Å². The second kappa shape index (κ2) is 7.11. The first-order valence-electron chi connectivity index (χ1n) is 4.32. The molecule has 0 atom stereocenters. The summed E-state index contributed by atoms with van der Waals surface area (Å²) in [7, 11) is 0. The molecular formula is C10H16ClN. The largest absolute Gasteiger partial charge is 0.264 e. The summed E-state index contributed by atoms with van der Waals surface area (Å²) in [5.74, 6) is 0. The number of unbranched alkanes of at least 4 members (excludes halogenated alkanes) is 2. The van der Waals surface area contributed by atoms with Gasteiger partial charge in [0.25, 0.3) is 0 Å². The molecule has 0 radical (unpaired) electrons. The summed E-state index contributed by atoms with van der Waals surface area (Å²) < 4.78 is 0. The molecule has 0 aliphatic heterocycles. The van der Waals surface area contributed by atoms with Crippen LogP contribution in [0.5, 0.6) is 0 Å². The SMILES string of the molecule is CCCCCc1cccnc1.Cl. The van der Waals surface area contributed by atoms with E-state index in [1.165, 1.54) is 31.2 Å². The lowest BCUT2D eigenvalue weighted by Crippen LogP contribution is -1.85. The maximum Gasteiger partial charge on any atom is 0.0299 e. The van der Waals surface area contributed by atoms with Gasteiger partial charge >= 0.3 is 0 Å². The van der Waals surface area contributed by atoms with E-state index in [0.29, 0.717) is 0 Å². The minimum atomic E-state index is 0. The number of aryl methyl sites for hydroxylation is 1. The van der Waals surface area contributed by atoms with Gasteiger partial charge in [-0.25, -0.2) is 0 Å². The zero-order valence-corrected chi connectivity index (χ0v) is 8.31. The second-order valence-electron chi connectivity index (χ2n) is 2.82. The summed E-state index contributed by atoms with van der Waals surface area (Å²) >= 11 is 0. The summed E-state index contributed by atoms with van der Waals surface area (Å²) in [6.45, 7) is 2.23. The van der Waals surface area contributed by atoms with Gasteiger partial charge in [-0.1, -0.05) is 25.8 Å². The van der Waals surface area contributed by atoms with Crippen molar-refractivity contribution in [2.24, 2.45) is 0 Å². The molecule has 0 fully saturated rings. The number of rotatable bonds is 4. The highest BCUT2D eigenvalue weighted by molar-refractivity contribution is 5.85. The Labute approximate surface area is 80.6 Å². The molecule has 0 aliphatic carbocycles. The van der Waals surface area contributed by atoms with Gasteiger partial charge in [-0.15, -0.1) is 12.4 Å². The van der Waals surface area contributed by atoms with E-state index >= 15 is 0 Å². The molecule has 1 heterocycles. The third kappa shape index (κ3) is 4.35. The van der Waals surface area contributed by atoms with E-state index in [-0.39, 0.29) is 12.4 Å². The van der Waals surface area contributed by atoms with Crippen molar-refractivity contribution in [3.05, 3.63) is 30.1 Å². The van der Waals surface area contributed by atoms with Gasteiger partial charge in [0.1, 0.15) is 0 Å². The maximum atomic E-state index is 4.06. The Morgan fingerprint density at radius 1 is 1.33 bits per heavy atom. The van der Waals surface area contributed by atoms with Crippen LogP contribution < -0.4 is 0 Å². The van der Waals surface area contributed by atoms with Crippen LogP contribution in [0, 0.1) is 0 Å². The second-order valence-corrected chi connectivity index (χ2v) is 2.82. The van der Waals surface area contributed by atoms with Crippen LogP contribution in [0.3, 0.4) is 0 Å². The number of halogens is 1. The van der Waals surface area contributed by atoms with E-state index in [1.54, 1.807) is 0 Å². The van der Waals surface area contributed by atoms with Crippen LogP contribution in [-0.4, -0.2) is 4.98 Å². The van der Waals surface area contributed by atoms with Crippen molar-refractivity contribution in [2.75, 3.05) is 0 Å². The molecule has 0 bridgehead atoms. The number of hydrogen-bond donors (Lipinski definition) is 0. The number of nitrogens with zero attached hydrogens (tertiary/aromatic N) is 1. The zero-order valence-electron chi connectivity index (χ0n) is 7.49. The van der Waals surface area contributed by atoms with E-state index in [4.69, 9.17) is 0 Å². The third-order valence-electron chi connectivity index (χ3n) is 1.79. The molecular weight excluding hydrogens is 170 g/mol. The molecule has 68 valence electrons. The lowest BCUT2D eigenvalue weighted by atomic mass is 10.1. The number of pyridine rings is 1. The first-order valence-corrected chi connectivity index (χ1v) is 4.32. The first-order chi connectivity index (χ1) is 5.43. The van der Waals surface area contributed by atoms with Crippen LogP contribution in [0.25, 0.3) is 0 Å². The fourth-order valence-corrected chi connectivity index (χ4v) is 1.13. The minimum Gasteiger partial charge on any atom is -0.264 e. The fourth-order valence-electron chi connectivity index (χ4n) is 1.13. The average Bonchev–Trinajstić information content (AvgIpc) is 2.07. The summed E-state index contributed by atoms with van der Waals surface area (Å²) in [5, 5.41) is 0. The van der Waals surface area contributed by atoms with Crippen LogP contribution in [0.2, 0.25) is 0 Å². The molecule has 0 aromatic carbocycles. The van der Waals surface area contributed by atoms with Crippen molar-refractivity contribution in [1.29, 1.82) is 0 Å². The van der Waals surface area contributed by atoms with Gasteiger partial charge in [-0.05, 0) is 24.5 Å². The monoisotopic (exact) mass is 185 g/mol. The zero-order chi connectivity index (χ0) is 7.94. The van der Waals surface area contributed by atoms with Crippen molar-refractivity contribution in [1.82, 2.24) is 4.98 Å². The summed E-state index contributed by atoms with van der Waals surface area (Å²) in [6, 6.07) is 4.14. The van der Waals surface area contributed by atoms with E-state index in [2.05, 4.69) is 18.0 Å². The van der Waals surface area contributed by atoms with Crippen LogP contribution in [-0.2, 0) is 6.42 Å². The van der Waals surface area contributed by atoms with Crippen LogP contribution in [0.15, 0.2) is 24.5 Å². The molecule has 1 nitrogen and oxygen atoms in total. The normalized spacial score (nSPS) is 9.08. The molecule has 12 heavy (non-hydrogen) atoms. The fraction of sp³-hybridized carbons (Fsp3) is 0.500. The average molecular weight is 186 g/mol. The molecule has 0 saturated carbocycles. The van der Waals surface area contributed by atoms with E-state index in [1.807, 2.05) is 18.5 Å². The molecule has 0 unspecified atom stereocenters. The van der Waals surface area contributed by atoms with Crippen LogP contribution in [0.4, 0.5) is 0 Å². The molecule has 0 aliphatic rings. The van der Waals surface area contributed by atoms with Crippen LogP contribution in [0.1, 0.15) is 31.7 Å². The highest BCUT2D eigenvalue weighted by atomic mass is 35.5. The molecule has 1 rings (SSSR count). The Hall–Kier alpha value is -0.560. The summed E-state index contributed by atoms with van der Waals surface area (Å²) in [6.07, 6.45) is 8.87. The Kier molecular flexibility index (Phi) is 6.78. The van der Waals surface area contributed by atoms with Gasteiger partial charge in [-0.2, -0.15) is 0 Å². The minimum absolute atomic E-state index is 0. The van der Waals surface area contributed by atoms with Crippen LogP contribution >= 0.6 is 12.4 Å². The van der Waals surface area contributed by atoms with E-state index < -0.39 is 0 Å². The maximum absolute atomic E-state index is 4.06. The topological polar surface area (TPSA) is 12.9 Å². The van der Waals surface area contributed by atoms with Gasteiger partial charge in [-0.3, -0.25) is 4.98 Å². The van der Waals surface area contributed by atoms with E-state index in [9.17, 15) is 0 Å². The van der Waals surface area contributed by atoms with Gasteiger partial charge in [0, 0.05) is 12.4 Å². The van der Waals surface area contributed by atoms with E-state index in [0.717, 1.165) is 0 Å². The predicted octanol–water partition coefficient (Wildman–Crippen LogP) is 3.24. The highest BCUT2D eigenvalue weighted by Crippen LogP contribution is 2.03. The Bertz CT molecular complexity index is 186. The Morgan fingerprint density at radius 3 is 2.75 bits per heavy atom. The Morgan fingerprint density at radius 2 is 2.17 bits per heavy atom. The van der Waals surface area contributed by atoms with Crippen molar-refractivity contribution < 1.29 is 0 Å². The van der Waals surface area contributed by atoms with Gasteiger partial charge in [0.2, 0.25) is 0 Å².